The van der Waals surface area contributed by atoms with Gasteiger partial charge in [-0.1, -0.05) is 11.8 Å². The van der Waals surface area contributed by atoms with E-state index < -0.39 is 24.5 Å². The lowest BCUT2D eigenvalue weighted by Gasteiger charge is -2.16. The van der Waals surface area contributed by atoms with Crippen LogP contribution in [0.2, 0.25) is 0 Å². The van der Waals surface area contributed by atoms with Crippen LogP contribution >= 0.6 is 11.8 Å². The Hall–Kier alpha value is -1.26. The van der Waals surface area contributed by atoms with Gasteiger partial charge >= 0.3 is 0 Å². The molecule has 2 aromatic heterocycles. The van der Waals surface area contributed by atoms with Crippen LogP contribution in [0.5, 0.6) is 0 Å². The third-order valence-electron chi connectivity index (χ3n) is 3.27. The fraction of sp³-hybridized carbons (Fsp3) is 0.545. The molecular formula is C11H14N4O4S. The third kappa shape index (κ3) is 2.07. The Labute approximate surface area is 118 Å². The van der Waals surface area contributed by atoms with Crippen LogP contribution in [-0.4, -0.2) is 66.0 Å². The molecule has 108 valence electrons. The first-order chi connectivity index (χ1) is 9.65. The van der Waals surface area contributed by atoms with Gasteiger partial charge in [0.25, 0.3) is 0 Å². The van der Waals surface area contributed by atoms with Gasteiger partial charge in [-0.3, -0.25) is 4.57 Å². The molecule has 8 nitrogen and oxygen atoms in total. The highest BCUT2D eigenvalue weighted by Crippen LogP contribution is 2.31. The van der Waals surface area contributed by atoms with Gasteiger partial charge in [0.15, 0.2) is 17.0 Å². The highest BCUT2D eigenvalue weighted by Gasteiger charge is 2.43. The van der Waals surface area contributed by atoms with Gasteiger partial charge in [-0.15, -0.1) is 0 Å². The number of aliphatic hydroxyl groups excluding tert-OH is 3. The number of thioether (sulfide) groups is 1. The van der Waals surface area contributed by atoms with Crippen molar-refractivity contribution >= 4 is 22.9 Å². The molecule has 0 aromatic carbocycles. The minimum atomic E-state index is -1.16. The van der Waals surface area contributed by atoms with Crippen molar-refractivity contribution < 1.29 is 20.1 Å². The second-order valence-corrected chi connectivity index (χ2v) is 5.22. The first kappa shape index (κ1) is 13.7. The zero-order valence-electron chi connectivity index (χ0n) is 10.6. The standard InChI is InChI=1S/C11H14N4O4S/c1-20-11-12-2-5-9(14-11)15(4-13-5)10-8(18)7(17)6(3-16)19-10/h2,4,6-8,10,16-18H,3H2,1H3/t6-,7+,8-,10+/m0/s1. The molecule has 0 radical (unpaired) electrons. The molecule has 0 amide bonds. The van der Waals surface area contributed by atoms with E-state index in [1.807, 2.05) is 6.26 Å². The zero-order chi connectivity index (χ0) is 14.3. The van der Waals surface area contributed by atoms with E-state index in [9.17, 15) is 10.2 Å². The van der Waals surface area contributed by atoms with Gasteiger partial charge in [-0.05, 0) is 6.26 Å². The molecule has 0 unspecified atom stereocenters. The zero-order valence-corrected chi connectivity index (χ0v) is 11.4. The molecule has 4 atom stereocenters. The average molecular weight is 298 g/mol. The molecule has 0 bridgehead atoms. The Balaban J connectivity index is 2.02. The first-order valence-electron chi connectivity index (χ1n) is 6.01. The highest BCUT2D eigenvalue weighted by atomic mass is 32.2. The lowest BCUT2D eigenvalue weighted by Crippen LogP contribution is -2.33. The summed E-state index contributed by atoms with van der Waals surface area (Å²) in [7, 11) is 0. The quantitative estimate of drug-likeness (QED) is 0.496. The van der Waals surface area contributed by atoms with Gasteiger partial charge < -0.3 is 20.1 Å². The number of hydrogen-bond donors (Lipinski definition) is 3. The molecule has 1 aliphatic heterocycles. The van der Waals surface area contributed by atoms with Crippen LogP contribution in [-0.2, 0) is 4.74 Å². The molecule has 3 N–H and O–H groups in total. The fourth-order valence-corrected chi connectivity index (χ4v) is 2.54. The van der Waals surface area contributed by atoms with E-state index in [2.05, 4.69) is 15.0 Å². The lowest BCUT2D eigenvalue weighted by atomic mass is 10.1. The topological polar surface area (TPSA) is 114 Å². The maximum Gasteiger partial charge on any atom is 0.189 e. The van der Waals surface area contributed by atoms with Gasteiger partial charge in [0.05, 0.1) is 19.1 Å². The van der Waals surface area contributed by atoms with Crippen LogP contribution in [0.15, 0.2) is 17.7 Å². The largest absolute Gasteiger partial charge is 0.394 e. The number of ether oxygens (including phenoxy) is 1. The van der Waals surface area contributed by atoms with Crippen molar-refractivity contribution in [3.63, 3.8) is 0 Å². The van der Waals surface area contributed by atoms with E-state index in [1.165, 1.54) is 18.1 Å². The summed E-state index contributed by atoms with van der Waals surface area (Å²) < 4.78 is 7.01. The summed E-state index contributed by atoms with van der Waals surface area (Å²) in [5, 5.41) is 29.5. The Morgan fingerprint density at radius 3 is 2.80 bits per heavy atom. The molecule has 1 fully saturated rings. The van der Waals surface area contributed by atoms with Gasteiger partial charge in [0, 0.05) is 0 Å². The van der Waals surface area contributed by atoms with Gasteiger partial charge in [-0.25, -0.2) is 15.0 Å². The summed E-state index contributed by atoms with van der Waals surface area (Å²) >= 11 is 1.39. The van der Waals surface area contributed by atoms with Crippen LogP contribution in [0.3, 0.4) is 0 Å². The molecule has 0 aliphatic carbocycles. The van der Waals surface area contributed by atoms with Gasteiger partial charge in [0.2, 0.25) is 0 Å². The molecule has 1 aliphatic rings. The predicted octanol–water partition coefficient (Wildman–Crippen LogP) is -0.840. The van der Waals surface area contributed by atoms with E-state index in [0.717, 1.165) is 0 Å². The second kappa shape index (κ2) is 5.26. The SMILES string of the molecule is CSc1ncc2ncn([C@@H]3O[C@@H](CO)[C@@H](O)[C@@H]3O)c2n1. The molecule has 1 saturated heterocycles. The molecule has 0 saturated carbocycles. The molecule has 3 rings (SSSR count). The summed E-state index contributed by atoms with van der Waals surface area (Å²) in [6.45, 7) is -0.369. The van der Waals surface area contributed by atoms with E-state index in [4.69, 9.17) is 9.84 Å². The predicted molar refractivity (Wildman–Crippen MR) is 70.1 cm³/mol. The summed E-state index contributed by atoms with van der Waals surface area (Å²) in [4.78, 5) is 12.6. The Morgan fingerprint density at radius 1 is 1.35 bits per heavy atom. The molecule has 9 heteroatoms. The number of fused-ring (bicyclic) bond motifs is 1. The molecule has 20 heavy (non-hydrogen) atoms. The van der Waals surface area contributed by atoms with E-state index >= 15 is 0 Å². The molecular weight excluding hydrogens is 284 g/mol. The molecule has 2 aromatic rings. The Bertz CT molecular complexity index is 621. The molecule has 0 spiro atoms. The van der Waals surface area contributed by atoms with Crippen molar-refractivity contribution in [2.45, 2.75) is 29.7 Å². The van der Waals surface area contributed by atoms with Crippen molar-refractivity contribution in [1.82, 2.24) is 19.5 Å². The van der Waals surface area contributed by atoms with Crippen molar-refractivity contribution in [2.75, 3.05) is 12.9 Å². The van der Waals surface area contributed by atoms with Crippen LogP contribution in [0.1, 0.15) is 6.23 Å². The second-order valence-electron chi connectivity index (χ2n) is 4.45. The third-order valence-corrected chi connectivity index (χ3v) is 3.83. The Kier molecular flexibility index (Phi) is 3.61. The number of nitrogens with zero attached hydrogens (tertiary/aromatic N) is 4. The number of rotatable bonds is 3. The van der Waals surface area contributed by atoms with E-state index in [0.29, 0.717) is 16.3 Å². The number of hydrogen-bond acceptors (Lipinski definition) is 8. The van der Waals surface area contributed by atoms with Crippen molar-refractivity contribution in [2.24, 2.45) is 0 Å². The first-order valence-corrected chi connectivity index (χ1v) is 7.24. The van der Waals surface area contributed by atoms with Crippen LogP contribution in [0, 0.1) is 0 Å². The number of imidazole rings is 1. The minimum absolute atomic E-state index is 0.369. The highest BCUT2D eigenvalue weighted by molar-refractivity contribution is 7.98. The minimum Gasteiger partial charge on any atom is -0.394 e. The van der Waals surface area contributed by atoms with E-state index in [1.54, 1.807) is 10.8 Å². The van der Waals surface area contributed by atoms with Gasteiger partial charge in [-0.2, -0.15) is 0 Å². The Morgan fingerprint density at radius 2 is 2.15 bits per heavy atom. The summed E-state index contributed by atoms with van der Waals surface area (Å²) in [5.41, 5.74) is 1.08. The maximum atomic E-state index is 10.0. The summed E-state index contributed by atoms with van der Waals surface area (Å²) in [6, 6.07) is 0. The lowest BCUT2D eigenvalue weighted by molar-refractivity contribution is -0.0511. The normalized spacial score (nSPS) is 30.2. The average Bonchev–Trinajstić information content (AvgIpc) is 3.01. The van der Waals surface area contributed by atoms with Crippen molar-refractivity contribution in [1.29, 1.82) is 0 Å². The number of aliphatic hydroxyl groups is 3. The maximum absolute atomic E-state index is 10.0. The van der Waals surface area contributed by atoms with Crippen LogP contribution in [0.4, 0.5) is 0 Å². The van der Waals surface area contributed by atoms with Crippen molar-refractivity contribution in [3.8, 4) is 0 Å². The van der Waals surface area contributed by atoms with Crippen LogP contribution in [0.25, 0.3) is 11.2 Å². The van der Waals surface area contributed by atoms with E-state index in [-0.39, 0.29) is 6.61 Å². The number of aromatic nitrogens is 4. The summed E-state index contributed by atoms with van der Waals surface area (Å²) in [6.07, 6.45) is 0.956. The van der Waals surface area contributed by atoms with Crippen molar-refractivity contribution in [3.05, 3.63) is 12.5 Å². The fourth-order valence-electron chi connectivity index (χ4n) is 2.21. The monoisotopic (exact) mass is 298 g/mol. The van der Waals surface area contributed by atoms with Gasteiger partial charge in [0.1, 0.15) is 23.8 Å². The molecule has 3 heterocycles. The van der Waals surface area contributed by atoms with Crippen LogP contribution < -0.4 is 0 Å². The summed E-state index contributed by atoms with van der Waals surface area (Å²) in [5.74, 6) is 0. The smallest absolute Gasteiger partial charge is 0.189 e.